The third-order valence-corrected chi connectivity index (χ3v) is 4.37. The van der Waals surface area contributed by atoms with E-state index < -0.39 is 53.1 Å². The molecule has 0 aliphatic rings. The maximum atomic E-state index is 12.2. The van der Waals surface area contributed by atoms with Gasteiger partial charge < -0.3 is 35.8 Å². The lowest BCUT2D eigenvalue weighted by Crippen LogP contribution is -2.47. The monoisotopic (exact) mass is 460 g/mol. The van der Waals surface area contributed by atoms with Crippen molar-refractivity contribution in [2.45, 2.75) is 18.8 Å². The Bertz CT molecular complexity index is 1050. The molecule has 33 heavy (non-hydrogen) atoms. The zero-order valence-electron chi connectivity index (χ0n) is 17.1. The first-order chi connectivity index (χ1) is 15.5. The highest BCUT2D eigenvalue weighted by molar-refractivity contribution is 6.01. The molecular formula is C21H20N2O10. The van der Waals surface area contributed by atoms with E-state index in [1.54, 1.807) is 0 Å². The van der Waals surface area contributed by atoms with E-state index in [2.05, 4.69) is 15.4 Å². The summed E-state index contributed by atoms with van der Waals surface area (Å²) < 4.78 is 4.57. The Balaban J connectivity index is 2.00. The molecule has 0 radical (unpaired) electrons. The molecule has 174 valence electrons. The van der Waals surface area contributed by atoms with E-state index in [-0.39, 0.29) is 17.8 Å². The first kappa shape index (κ1) is 25.0. The summed E-state index contributed by atoms with van der Waals surface area (Å²) in [7, 11) is 1.23. The fourth-order valence-corrected chi connectivity index (χ4v) is 2.62. The first-order valence-corrected chi connectivity index (χ1v) is 9.27. The van der Waals surface area contributed by atoms with E-state index in [0.717, 1.165) is 18.2 Å². The van der Waals surface area contributed by atoms with Crippen LogP contribution in [0.1, 0.15) is 36.6 Å². The Morgan fingerprint density at radius 2 is 1.33 bits per heavy atom. The lowest BCUT2D eigenvalue weighted by Gasteiger charge is -2.17. The molecule has 2 amide bonds. The van der Waals surface area contributed by atoms with Crippen LogP contribution in [0.25, 0.3) is 0 Å². The van der Waals surface area contributed by atoms with Crippen molar-refractivity contribution in [2.24, 2.45) is 0 Å². The average Bonchev–Trinajstić information content (AvgIpc) is 2.80. The number of methoxy groups -OCH3 is 1. The average molecular weight is 460 g/mol. The molecule has 0 spiro atoms. The number of nitrogens with one attached hydrogen (secondary N) is 2. The number of aromatic carboxylic acids is 2. The fraction of sp³-hybridized carbons (Fsp3) is 0.190. The van der Waals surface area contributed by atoms with E-state index in [1.807, 2.05) is 0 Å². The maximum absolute atomic E-state index is 12.2. The summed E-state index contributed by atoms with van der Waals surface area (Å²) in [6.07, 6.45) is -4.42. The molecule has 2 aromatic rings. The molecule has 0 fully saturated rings. The number of carbonyl (C=O) groups excluding carboxylic acids is 3. The van der Waals surface area contributed by atoms with Gasteiger partial charge in [0.2, 0.25) is 0 Å². The Hall–Kier alpha value is -4.29. The highest BCUT2D eigenvalue weighted by Crippen LogP contribution is 2.16. The van der Waals surface area contributed by atoms with Crippen molar-refractivity contribution in [2.75, 3.05) is 12.4 Å². The smallest absolute Gasteiger partial charge is 0.337 e. The molecule has 0 saturated carbocycles. The topological polar surface area (TPSA) is 200 Å². The quantitative estimate of drug-likeness (QED) is 0.273. The third-order valence-electron chi connectivity index (χ3n) is 4.37. The molecule has 12 nitrogen and oxygen atoms in total. The number of aliphatic hydroxyl groups is 2. The van der Waals surface area contributed by atoms with Gasteiger partial charge in [-0.3, -0.25) is 9.59 Å². The van der Waals surface area contributed by atoms with Gasteiger partial charge in [0.1, 0.15) is 0 Å². The van der Waals surface area contributed by atoms with Crippen molar-refractivity contribution in [1.82, 2.24) is 5.32 Å². The summed E-state index contributed by atoms with van der Waals surface area (Å²) in [5.41, 5.74) is -0.298. The number of aliphatic hydroxyl groups excluding tert-OH is 2. The van der Waals surface area contributed by atoms with E-state index in [9.17, 15) is 34.2 Å². The van der Waals surface area contributed by atoms with E-state index in [4.69, 9.17) is 10.2 Å². The number of anilines is 1. The first-order valence-electron chi connectivity index (χ1n) is 9.27. The van der Waals surface area contributed by atoms with Gasteiger partial charge in [-0.25, -0.2) is 14.4 Å². The molecule has 2 rings (SSSR count). The van der Waals surface area contributed by atoms with Crippen LogP contribution in [0.2, 0.25) is 0 Å². The fourth-order valence-electron chi connectivity index (χ4n) is 2.62. The summed E-state index contributed by atoms with van der Waals surface area (Å²) in [5.74, 6) is -5.79. The second-order valence-electron chi connectivity index (χ2n) is 6.69. The number of hydrogen-bond acceptors (Lipinski definition) is 8. The number of rotatable bonds is 9. The van der Waals surface area contributed by atoms with Gasteiger partial charge in [-0.05, 0) is 35.9 Å². The van der Waals surface area contributed by atoms with E-state index in [1.165, 1.54) is 31.4 Å². The molecule has 12 heteroatoms. The van der Waals surface area contributed by atoms with Gasteiger partial charge in [-0.2, -0.15) is 0 Å². The van der Waals surface area contributed by atoms with Crippen LogP contribution < -0.4 is 10.6 Å². The Morgan fingerprint density at radius 1 is 0.818 bits per heavy atom. The molecule has 0 saturated heterocycles. The van der Waals surface area contributed by atoms with Crippen LogP contribution in [-0.4, -0.2) is 69.5 Å². The van der Waals surface area contributed by atoms with Crippen molar-refractivity contribution >= 4 is 35.4 Å². The zero-order valence-corrected chi connectivity index (χ0v) is 17.1. The minimum absolute atomic E-state index is 0.0890. The summed E-state index contributed by atoms with van der Waals surface area (Å²) in [6.45, 7) is -0.0890. The van der Waals surface area contributed by atoms with Crippen molar-refractivity contribution in [1.29, 1.82) is 0 Å². The zero-order chi connectivity index (χ0) is 24.7. The predicted octanol–water partition coefficient (Wildman–Crippen LogP) is -0.154. The normalized spacial score (nSPS) is 12.2. The van der Waals surface area contributed by atoms with Crippen LogP contribution in [0.15, 0.2) is 42.5 Å². The van der Waals surface area contributed by atoms with Crippen LogP contribution in [0.3, 0.4) is 0 Å². The summed E-state index contributed by atoms with van der Waals surface area (Å²) >= 11 is 0. The predicted molar refractivity (Wildman–Crippen MR) is 111 cm³/mol. The van der Waals surface area contributed by atoms with Crippen LogP contribution in [0.5, 0.6) is 0 Å². The summed E-state index contributed by atoms with van der Waals surface area (Å²) in [5, 5.41) is 42.5. The minimum Gasteiger partial charge on any atom is -0.478 e. The number of carboxylic acid groups (broad SMARTS) is 2. The summed E-state index contributed by atoms with van der Waals surface area (Å²) in [6, 6.07) is 8.74. The number of benzene rings is 2. The van der Waals surface area contributed by atoms with Gasteiger partial charge in [-0.1, -0.05) is 12.1 Å². The summed E-state index contributed by atoms with van der Waals surface area (Å²) in [4.78, 5) is 57.9. The van der Waals surface area contributed by atoms with Crippen molar-refractivity contribution < 1.29 is 49.1 Å². The Morgan fingerprint density at radius 3 is 1.82 bits per heavy atom. The number of ether oxygens (including phenoxy) is 1. The number of esters is 1. The SMILES string of the molecule is COC(=O)c1ccc(CNC(=O)C(O)C(O)C(=O)Nc2cc(C(=O)O)cc(C(=O)O)c2)cc1. The van der Waals surface area contributed by atoms with Crippen molar-refractivity contribution in [3.8, 4) is 0 Å². The van der Waals surface area contributed by atoms with E-state index >= 15 is 0 Å². The number of amides is 2. The van der Waals surface area contributed by atoms with Gasteiger partial charge in [-0.15, -0.1) is 0 Å². The molecular weight excluding hydrogens is 440 g/mol. The van der Waals surface area contributed by atoms with Gasteiger partial charge >= 0.3 is 17.9 Å². The molecule has 0 heterocycles. The maximum Gasteiger partial charge on any atom is 0.337 e. The van der Waals surface area contributed by atoms with Crippen LogP contribution in [0, 0.1) is 0 Å². The molecule has 6 N–H and O–H groups in total. The molecule has 2 atom stereocenters. The van der Waals surface area contributed by atoms with Gasteiger partial charge in [0.15, 0.2) is 12.2 Å². The standard InChI is InChI=1S/C21H20N2O10/c1-33-21(32)11-4-2-10(3-5-11)9-22-17(26)15(24)16(25)18(27)23-14-7-12(19(28)29)6-13(8-14)20(30)31/h2-8,15-16,24-25H,9H2,1H3,(H,22,26)(H,23,27)(H,28,29)(H,30,31). The second kappa shape index (κ2) is 10.8. The molecule has 2 aromatic carbocycles. The van der Waals surface area contributed by atoms with Crippen LogP contribution >= 0.6 is 0 Å². The second-order valence-corrected chi connectivity index (χ2v) is 6.69. The van der Waals surface area contributed by atoms with Crippen molar-refractivity contribution in [3.05, 3.63) is 64.7 Å². The molecule has 2 unspecified atom stereocenters. The van der Waals surface area contributed by atoms with Crippen molar-refractivity contribution in [3.63, 3.8) is 0 Å². The third kappa shape index (κ3) is 6.59. The lowest BCUT2D eigenvalue weighted by molar-refractivity contribution is -0.143. The highest BCUT2D eigenvalue weighted by Gasteiger charge is 2.30. The van der Waals surface area contributed by atoms with Crippen LogP contribution in [-0.2, 0) is 20.9 Å². The number of hydrogen-bond donors (Lipinski definition) is 6. The lowest BCUT2D eigenvalue weighted by atomic mass is 10.1. The Labute approximate surface area is 186 Å². The van der Waals surface area contributed by atoms with Crippen LogP contribution in [0.4, 0.5) is 5.69 Å². The van der Waals surface area contributed by atoms with Gasteiger partial charge in [0.25, 0.3) is 11.8 Å². The highest BCUT2D eigenvalue weighted by atomic mass is 16.5. The van der Waals surface area contributed by atoms with E-state index in [0.29, 0.717) is 5.56 Å². The minimum atomic E-state index is -2.24. The molecule has 0 bridgehead atoms. The number of carbonyl (C=O) groups is 5. The molecule has 0 aromatic heterocycles. The molecule has 0 aliphatic heterocycles. The molecule has 0 aliphatic carbocycles. The van der Waals surface area contributed by atoms with Gasteiger partial charge in [0, 0.05) is 12.2 Å². The Kier molecular flexibility index (Phi) is 8.20. The number of carboxylic acids is 2. The van der Waals surface area contributed by atoms with Gasteiger partial charge in [0.05, 0.1) is 23.8 Å². The largest absolute Gasteiger partial charge is 0.478 e.